The Morgan fingerprint density at radius 1 is 1.28 bits per heavy atom. The van der Waals surface area contributed by atoms with E-state index in [9.17, 15) is 18.4 Å². The number of hydroxylamine groups is 2. The summed E-state index contributed by atoms with van der Waals surface area (Å²) in [5.74, 6) is -0.169. The zero-order valence-corrected chi connectivity index (χ0v) is 18.7. The molecule has 32 heavy (non-hydrogen) atoms. The number of carbonyl (C=O) groups is 1. The van der Waals surface area contributed by atoms with Crippen molar-refractivity contribution >= 4 is 15.7 Å². The highest BCUT2D eigenvalue weighted by atomic mass is 32.2. The molecule has 1 aliphatic heterocycles. The number of pyridine rings is 1. The molecule has 2 aromatic rings. The number of ether oxygens (including phenoxy) is 2. The first-order valence-corrected chi connectivity index (χ1v) is 11.7. The van der Waals surface area contributed by atoms with Gasteiger partial charge in [0.25, 0.3) is 0 Å². The second-order valence-electron chi connectivity index (χ2n) is 7.39. The number of hydrogen-bond acceptors (Lipinski definition) is 9. The van der Waals surface area contributed by atoms with Crippen LogP contribution in [0.5, 0.6) is 5.75 Å². The van der Waals surface area contributed by atoms with Gasteiger partial charge in [-0.2, -0.15) is 5.06 Å². The van der Waals surface area contributed by atoms with Crippen LogP contribution in [0.2, 0.25) is 0 Å². The number of morpholine rings is 1. The summed E-state index contributed by atoms with van der Waals surface area (Å²) in [6.45, 7) is 2.98. The monoisotopic (exact) mass is 464 g/mol. The molecule has 1 saturated heterocycles. The predicted molar refractivity (Wildman–Crippen MR) is 115 cm³/mol. The number of amides is 1. The third-order valence-electron chi connectivity index (χ3n) is 5.33. The van der Waals surface area contributed by atoms with Crippen LogP contribution >= 0.6 is 0 Å². The molecule has 0 aliphatic carbocycles. The maximum Gasteiger partial charge on any atom is 0.237 e. The molecule has 2 heterocycles. The topological polar surface area (TPSA) is 135 Å². The third-order valence-corrected chi connectivity index (χ3v) is 7.17. The third kappa shape index (κ3) is 5.81. The second kappa shape index (κ2) is 10.8. The number of primary amides is 1. The SMILES string of the molecule is COc1ccc(S(=O)(=O)c2cccnc2CN(O)C(CCN2CCOCC2)C(N)=O)cc1. The summed E-state index contributed by atoms with van der Waals surface area (Å²) in [4.78, 5) is 18.3. The first kappa shape index (κ1) is 24.1. The van der Waals surface area contributed by atoms with Gasteiger partial charge in [0.2, 0.25) is 15.7 Å². The fourth-order valence-electron chi connectivity index (χ4n) is 3.50. The number of sulfone groups is 1. The normalized spacial score (nSPS) is 16.1. The predicted octanol–water partition coefficient (Wildman–Crippen LogP) is 0.690. The van der Waals surface area contributed by atoms with Crippen molar-refractivity contribution in [1.82, 2.24) is 14.9 Å². The molecule has 174 valence electrons. The van der Waals surface area contributed by atoms with Crippen LogP contribution in [0.1, 0.15) is 12.1 Å². The second-order valence-corrected chi connectivity index (χ2v) is 9.30. The van der Waals surface area contributed by atoms with Gasteiger partial charge in [0.15, 0.2) is 0 Å². The lowest BCUT2D eigenvalue weighted by molar-refractivity contribution is -0.159. The zero-order valence-electron chi connectivity index (χ0n) is 17.9. The van der Waals surface area contributed by atoms with Crippen LogP contribution in [-0.2, 0) is 25.9 Å². The highest BCUT2D eigenvalue weighted by Crippen LogP contribution is 2.26. The van der Waals surface area contributed by atoms with Crippen LogP contribution in [0, 0.1) is 0 Å². The number of aromatic nitrogens is 1. The fourth-order valence-corrected chi connectivity index (χ4v) is 4.93. The molecule has 1 aromatic heterocycles. The van der Waals surface area contributed by atoms with Crippen molar-refractivity contribution in [2.24, 2.45) is 5.73 Å². The molecule has 0 saturated carbocycles. The Balaban J connectivity index is 1.78. The van der Waals surface area contributed by atoms with E-state index in [2.05, 4.69) is 9.88 Å². The van der Waals surface area contributed by atoms with E-state index in [-0.39, 0.29) is 22.0 Å². The van der Waals surface area contributed by atoms with Gasteiger partial charge in [0.1, 0.15) is 11.8 Å². The van der Waals surface area contributed by atoms with E-state index in [1.54, 1.807) is 12.1 Å². The lowest BCUT2D eigenvalue weighted by Crippen LogP contribution is -2.46. The molecule has 3 N–H and O–H groups in total. The largest absolute Gasteiger partial charge is 0.497 e. The molecule has 3 rings (SSSR count). The van der Waals surface area contributed by atoms with Crippen LogP contribution < -0.4 is 10.5 Å². The summed E-state index contributed by atoms with van der Waals surface area (Å²) in [6, 6.07) is 7.92. The number of rotatable bonds is 10. The number of methoxy groups -OCH3 is 1. The highest BCUT2D eigenvalue weighted by Gasteiger charge is 2.28. The number of carbonyl (C=O) groups excluding carboxylic acids is 1. The number of hydrogen-bond donors (Lipinski definition) is 2. The molecule has 0 spiro atoms. The van der Waals surface area contributed by atoms with E-state index >= 15 is 0 Å². The van der Waals surface area contributed by atoms with Gasteiger partial charge >= 0.3 is 0 Å². The lowest BCUT2D eigenvalue weighted by atomic mass is 10.1. The van der Waals surface area contributed by atoms with E-state index in [4.69, 9.17) is 15.2 Å². The van der Waals surface area contributed by atoms with Crippen molar-refractivity contribution in [2.75, 3.05) is 40.0 Å². The molecule has 1 aliphatic rings. The van der Waals surface area contributed by atoms with E-state index in [1.807, 2.05) is 0 Å². The minimum atomic E-state index is -3.91. The average Bonchev–Trinajstić information content (AvgIpc) is 2.80. The first-order valence-electron chi connectivity index (χ1n) is 10.2. The van der Waals surface area contributed by atoms with Gasteiger partial charge < -0.3 is 20.4 Å². The Hall–Kier alpha value is -2.57. The molecule has 1 fully saturated rings. The molecular weight excluding hydrogens is 436 g/mol. The molecule has 1 amide bonds. The van der Waals surface area contributed by atoms with Crippen LogP contribution in [0.3, 0.4) is 0 Å². The van der Waals surface area contributed by atoms with E-state index in [0.29, 0.717) is 31.9 Å². The maximum atomic E-state index is 13.2. The van der Waals surface area contributed by atoms with Gasteiger partial charge in [-0.3, -0.25) is 14.7 Å². The molecule has 0 bridgehead atoms. The standard InChI is InChI=1S/C21H28N4O6S/c1-30-16-4-6-17(7-5-16)32(28,29)20-3-2-9-23-18(20)15-25(27)19(21(22)26)8-10-24-11-13-31-14-12-24/h2-7,9,19,27H,8,10-15H2,1H3,(H2,22,26). The first-order chi connectivity index (χ1) is 15.3. The van der Waals surface area contributed by atoms with Crippen molar-refractivity contribution in [3.63, 3.8) is 0 Å². The maximum absolute atomic E-state index is 13.2. The Labute approximate surface area is 187 Å². The molecule has 1 unspecified atom stereocenters. The van der Waals surface area contributed by atoms with E-state index in [0.717, 1.165) is 18.2 Å². The molecule has 11 heteroatoms. The quantitative estimate of drug-likeness (QED) is 0.487. The molecule has 10 nitrogen and oxygen atoms in total. The van der Waals surface area contributed by atoms with Crippen molar-refractivity contribution in [3.05, 3.63) is 48.3 Å². The van der Waals surface area contributed by atoms with Gasteiger partial charge in [-0.15, -0.1) is 0 Å². The van der Waals surface area contributed by atoms with E-state index < -0.39 is 21.8 Å². The van der Waals surface area contributed by atoms with Gasteiger partial charge in [-0.05, 0) is 42.8 Å². The minimum Gasteiger partial charge on any atom is -0.497 e. The van der Waals surface area contributed by atoms with Gasteiger partial charge in [0.05, 0.1) is 42.4 Å². The van der Waals surface area contributed by atoms with Crippen LogP contribution in [0.4, 0.5) is 0 Å². The van der Waals surface area contributed by atoms with E-state index in [1.165, 1.54) is 37.6 Å². The Kier molecular flexibility index (Phi) is 8.15. The lowest BCUT2D eigenvalue weighted by Gasteiger charge is -2.29. The molecule has 1 atom stereocenters. The summed E-state index contributed by atoms with van der Waals surface area (Å²) in [7, 11) is -2.42. The smallest absolute Gasteiger partial charge is 0.237 e. The van der Waals surface area contributed by atoms with Gasteiger partial charge in [-0.25, -0.2) is 8.42 Å². The zero-order chi connectivity index (χ0) is 23.1. The summed E-state index contributed by atoms with van der Waals surface area (Å²) in [6.07, 6.45) is 1.72. The summed E-state index contributed by atoms with van der Waals surface area (Å²) >= 11 is 0. The summed E-state index contributed by atoms with van der Waals surface area (Å²) in [5.41, 5.74) is 5.63. The Morgan fingerprint density at radius 3 is 2.59 bits per heavy atom. The van der Waals surface area contributed by atoms with Crippen LogP contribution in [0.25, 0.3) is 0 Å². The van der Waals surface area contributed by atoms with Crippen molar-refractivity contribution in [1.29, 1.82) is 0 Å². The van der Waals surface area contributed by atoms with Crippen molar-refractivity contribution in [2.45, 2.75) is 28.8 Å². The molecule has 0 radical (unpaired) electrons. The number of nitrogens with two attached hydrogens (primary N) is 1. The highest BCUT2D eigenvalue weighted by molar-refractivity contribution is 7.91. The van der Waals surface area contributed by atoms with Gasteiger partial charge in [-0.1, -0.05) is 0 Å². The number of benzene rings is 1. The Bertz CT molecular complexity index is 1010. The summed E-state index contributed by atoms with van der Waals surface area (Å²) in [5, 5.41) is 11.4. The Morgan fingerprint density at radius 2 is 1.97 bits per heavy atom. The fraction of sp³-hybridized carbons (Fsp3) is 0.429. The minimum absolute atomic E-state index is 0.0550. The molecule has 1 aromatic carbocycles. The van der Waals surface area contributed by atoms with Crippen molar-refractivity contribution in [3.8, 4) is 5.75 Å². The van der Waals surface area contributed by atoms with Gasteiger partial charge in [0, 0.05) is 25.8 Å². The molecular formula is C21H28N4O6S. The average molecular weight is 465 g/mol. The van der Waals surface area contributed by atoms with Crippen LogP contribution in [0.15, 0.2) is 52.4 Å². The van der Waals surface area contributed by atoms with Crippen LogP contribution in [-0.4, -0.2) is 80.5 Å². The van der Waals surface area contributed by atoms with Crippen molar-refractivity contribution < 1.29 is 27.9 Å². The number of nitrogens with zero attached hydrogens (tertiary/aromatic N) is 3. The summed E-state index contributed by atoms with van der Waals surface area (Å²) < 4.78 is 36.7.